The molecule has 0 spiro atoms. The van der Waals surface area contributed by atoms with Crippen LogP contribution in [-0.2, 0) is 19.6 Å². The number of hydrogen-bond acceptors (Lipinski definition) is 3. The number of piperazine rings is 1. The first kappa shape index (κ1) is 13.1. The van der Waals surface area contributed by atoms with Gasteiger partial charge in [0.05, 0.1) is 0 Å². The Morgan fingerprint density at radius 3 is 2.89 bits per heavy atom. The van der Waals surface area contributed by atoms with Crippen molar-refractivity contribution in [3.8, 4) is 0 Å². The Hall–Kier alpha value is -0.900. The number of rotatable bonds is 3. The minimum Gasteiger partial charge on any atom is -0.309 e. The summed E-state index contributed by atoms with van der Waals surface area (Å²) < 4.78 is 0. The summed E-state index contributed by atoms with van der Waals surface area (Å²) >= 11 is 0. The Kier molecular flexibility index (Phi) is 3.87. The maximum Gasteiger partial charge on any atom is 0.0235 e. The summed E-state index contributed by atoms with van der Waals surface area (Å²) in [4.78, 5) is 5.11. The summed E-state index contributed by atoms with van der Waals surface area (Å²) in [6.07, 6.45) is 1.25. The second-order valence-electron chi connectivity index (χ2n) is 5.98. The van der Waals surface area contributed by atoms with Gasteiger partial charge in [-0.05, 0) is 30.2 Å². The lowest BCUT2D eigenvalue weighted by Gasteiger charge is -2.39. The van der Waals surface area contributed by atoms with Gasteiger partial charge in [0, 0.05) is 45.3 Å². The van der Waals surface area contributed by atoms with Crippen molar-refractivity contribution in [1.29, 1.82) is 0 Å². The topological polar surface area (TPSA) is 18.5 Å². The summed E-state index contributed by atoms with van der Waals surface area (Å²) in [7, 11) is 2.26. The van der Waals surface area contributed by atoms with Gasteiger partial charge < -0.3 is 10.2 Å². The highest BCUT2D eigenvalue weighted by Crippen LogP contribution is 2.19. The van der Waals surface area contributed by atoms with Gasteiger partial charge in [-0.25, -0.2) is 0 Å². The lowest BCUT2D eigenvalue weighted by atomic mass is 10.0. The summed E-state index contributed by atoms with van der Waals surface area (Å²) in [6.45, 7) is 9.10. The van der Waals surface area contributed by atoms with Crippen LogP contribution < -0.4 is 5.32 Å². The smallest absolute Gasteiger partial charge is 0.0235 e. The van der Waals surface area contributed by atoms with Crippen LogP contribution in [0.5, 0.6) is 0 Å². The minimum absolute atomic E-state index is 0.727. The lowest BCUT2D eigenvalue weighted by Crippen LogP contribution is -2.50. The van der Waals surface area contributed by atoms with Crippen molar-refractivity contribution in [2.24, 2.45) is 0 Å². The molecule has 1 N–H and O–H groups in total. The van der Waals surface area contributed by atoms with Crippen LogP contribution in [0.3, 0.4) is 0 Å². The molecule has 1 aromatic rings. The zero-order valence-electron chi connectivity index (χ0n) is 12.2. The van der Waals surface area contributed by atoms with Gasteiger partial charge in [0.1, 0.15) is 0 Å². The van der Waals surface area contributed by atoms with E-state index in [4.69, 9.17) is 0 Å². The highest BCUT2D eigenvalue weighted by molar-refractivity contribution is 5.34. The summed E-state index contributed by atoms with van der Waals surface area (Å²) in [5.74, 6) is 0. The number of likely N-dealkylation sites (N-methyl/N-ethyl adjacent to an activating group) is 1. The molecular weight excluding hydrogens is 234 g/mol. The van der Waals surface area contributed by atoms with Crippen molar-refractivity contribution < 1.29 is 0 Å². The first-order valence-corrected chi connectivity index (χ1v) is 7.50. The molecule has 0 radical (unpaired) electrons. The molecule has 2 aliphatic heterocycles. The average molecular weight is 259 g/mol. The van der Waals surface area contributed by atoms with Crippen molar-refractivity contribution >= 4 is 0 Å². The van der Waals surface area contributed by atoms with E-state index in [2.05, 4.69) is 47.3 Å². The highest BCUT2D eigenvalue weighted by atomic mass is 15.3. The van der Waals surface area contributed by atoms with Gasteiger partial charge in [0.25, 0.3) is 0 Å². The predicted molar refractivity (Wildman–Crippen MR) is 79.0 cm³/mol. The van der Waals surface area contributed by atoms with E-state index < -0.39 is 0 Å². The van der Waals surface area contributed by atoms with Crippen molar-refractivity contribution in [2.75, 3.05) is 26.7 Å². The molecule has 1 aromatic carbocycles. The second kappa shape index (κ2) is 5.61. The van der Waals surface area contributed by atoms with Crippen LogP contribution in [-0.4, -0.2) is 42.5 Å². The zero-order valence-corrected chi connectivity index (χ0v) is 12.2. The van der Waals surface area contributed by atoms with E-state index in [1.807, 2.05) is 0 Å². The molecule has 0 bridgehead atoms. The lowest BCUT2D eigenvalue weighted by molar-refractivity contribution is 0.0883. The Bertz CT molecular complexity index is 444. The standard InChI is InChI=1S/C16H25N3/c1-3-16-12-19(7-6-18(16)2)11-13-4-5-14-9-17-10-15(14)8-13/h4-5,8,16-17H,3,6-7,9-12H2,1-2H3. The normalized spacial score (nSPS) is 24.6. The average Bonchev–Trinajstić information content (AvgIpc) is 2.88. The van der Waals surface area contributed by atoms with Crippen LogP contribution in [0.4, 0.5) is 0 Å². The molecule has 1 saturated heterocycles. The third-order valence-electron chi connectivity index (χ3n) is 4.64. The molecule has 0 amide bonds. The van der Waals surface area contributed by atoms with Crippen molar-refractivity contribution in [3.05, 3.63) is 34.9 Å². The summed E-state index contributed by atoms with van der Waals surface area (Å²) in [5, 5.41) is 3.42. The van der Waals surface area contributed by atoms with Gasteiger partial charge in [-0.1, -0.05) is 25.1 Å². The molecule has 1 fully saturated rings. The van der Waals surface area contributed by atoms with Gasteiger partial charge >= 0.3 is 0 Å². The Morgan fingerprint density at radius 1 is 1.21 bits per heavy atom. The van der Waals surface area contributed by atoms with Gasteiger partial charge in [0.15, 0.2) is 0 Å². The Labute approximate surface area is 116 Å². The molecule has 1 atom stereocenters. The van der Waals surface area contributed by atoms with Crippen LogP contribution in [0.15, 0.2) is 18.2 Å². The molecule has 3 heteroatoms. The molecule has 19 heavy (non-hydrogen) atoms. The maximum absolute atomic E-state index is 3.42. The second-order valence-corrected chi connectivity index (χ2v) is 5.98. The summed E-state index contributed by atoms with van der Waals surface area (Å²) in [6, 6.07) is 7.74. The molecule has 3 rings (SSSR count). The highest BCUT2D eigenvalue weighted by Gasteiger charge is 2.22. The molecule has 0 saturated carbocycles. The maximum atomic E-state index is 3.42. The van der Waals surface area contributed by atoms with E-state index in [1.165, 1.54) is 42.7 Å². The van der Waals surface area contributed by atoms with Crippen molar-refractivity contribution in [1.82, 2.24) is 15.1 Å². The van der Waals surface area contributed by atoms with Gasteiger partial charge in [-0.2, -0.15) is 0 Å². The van der Waals surface area contributed by atoms with Gasteiger partial charge in [-0.15, -0.1) is 0 Å². The number of fused-ring (bicyclic) bond motifs is 1. The fourth-order valence-electron chi connectivity index (χ4n) is 3.30. The minimum atomic E-state index is 0.727. The predicted octanol–water partition coefficient (Wildman–Crippen LogP) is 1.82. The number of nitrogens with zero attached hydrogens (tertiary/aromatic N) is 2. The van der Waals surface area contributed by atoms with Gasteiger partial charge in [0.2, 0.25) is 0 Å². The van der Waals surface area contributed by atoms with Gasteiger partial charge in [-0.3, -0.25) is 4.90 Å². The molecule has 1 unspecified atom stereocenters. The van der Waals surface area contributed by atoms with E-state index in [-0.39, 0.29) is 0 Å². The Balaban J connectivity index is 1.65. The fourth-order valence-corrected chi connectivity index (χ4v) is 3.30. The number of hydrogen-bond donors (Lipinski definition) is 1. The molecule has 0 aromatic heterocycles. The number of nitrogens with one attached hydrogen (secondary N) is 1. The van der Waals surface area contributed by atoms with Crippen LogP contribution in [0.25, 0.3) is 0 Å². The van der Waals surface area contributed by atoms with E-state index >= 15 is 0 Å². The first-order valence-electron chi connectivity index (χ1n) is 7.50. The van der Waals surface area contributed by atoms with Crippen molar-refractivity contribution in [3.63, 3.8) is 0 Å². The fraction of sp³-hybridized carbons (Fsp3) is 0.625. The van der Waals surface area contributed by atoms with E-state index in [0.29, 0.717) is 0 Å². The van der Waals surface area contributed by atoms with E-state index in [9.17, 15) is 0 Å². The SMILES string of the molecule is CCC1CN(Cc2ccc3c(c2)CNC3)CCN1C. The van der Waals surface area contributed by atoms with E-state index in [0.717, 1.165) is 25.7 Å². The van der Waals surface area contributed by atoms with Crippen LogP contribution in [0.2, 0.25) is 0 Å². The quantitative estimate of drug-likeness (QED) is 0.893. The Morgan fingerprint density at radius 2 is 2.05 bits per heavy atom. The van der Waals surface area contributed by atoms with Crippen LogP contribution in [0.1, 0.15) is 30.0 Å². The third-order valence-corrected chi connectivity index (χ3v) is 4.64. The number of benzene rings is 1. The molecular formula is C16H25N3. The molecule has 0 aliphatic carbocycles. The zero-order chi connectivity index (χ0) is 13.2. The molecule has 2 heterocycles. The van der Waals surface area contributed by atoms with E-state index in [1.54, 1.807) is 0 Å². The molecule has 2 aliphatic rings. The van der Waals surface area contributed by atoms with Crippen LogP contribution >= 0.6 is 0 Å². The molecule has 104 valence electrons. The third kappa shape index (κ3) is 2.83. The monoisotopic (exact) mass is 259 g/mol. The summed E-state index contributed by atoms with van der Waals surface area (Å²) in [5.41, 5.74) is 4.45. The first-order chi connectivity index (χ1) is 9.26. The largest absolute Gasteiger partial charge is 0.309 e. The molecule has 3 nitrogen and oxygen atoms in total. The van der Waals surface area contributed by atoms with Crippen molar-refractivity contribution in [2.45, 2.75) is 39.0 Å². The van der Waals surface area contributed by atoms with Crippen LogP contribution in [0, 0.1) is 0 Å².